The minimum atomic E-state index is -0.146. The standard InChI is InChI=1S/C53H43NS/c1-52(2,3)37-25-30-45-44(32-37)41-29-28-39(33-46(41)53(45,4)5)54(38-26-22-35(23-27-38)34-14-7-6-8-15-34)47-31-24-36-16-9-10-17-40(36)50(47)43-19-13-21-49-51(43)42-18-11-12-20-48(42)55-49/h6-33H,1-5H3. The van der Waals surface area contributed by atoms with Crippen molar-refractivity contribution in [2.24, 2.45) is 0 Å². The fourth-order valence-corrected chi connectivity index (χ4v) is 10.1. The lowest BCUT2D eigenvalue weighted by molar-refractivity contribution is 0.589. The van der Waals surface area contributed by atoms with Gasteiger partial charge in [0.15, 0.2) is 0 Å². The summed E-state index contributed by atoms with van der Waals surface area (Å²) in [6.45, 7) is 11.7. The van der Waals surface area contributed by atoms with Crippen LogP contribution in [-0.4, -0.2) is 0 Å². The zero-order chi connectivity index (χ0) is 37.5. The molecule has 0 atom stereocenters. The van der Waals surface area contributed by atoms with Crippen LogP contribution in [0.5, 0.6) is 0 Å². The molecular formula is C53H43NS. The first kappa shape index (κ1) is 33.6. The van der Waals surface area contributed by atoms with Gasteiger partial charge in [0.25, 0.3) is 0 Å². The summed E-state index contributed by atoms with van der Waals surface area (Å²) in [5.41, 5.74) is 15.1. The molecule has 8 aromatic carbocycles. The molecule has 1 aliphatic rings. The van der Waals surface area contributed by atoms with E-state index >= 15 is 0 Å². The van der Waals surface area contributed by atoms with Crippen LogP contribution in [0.1, 0.15) is 51.3 Å². The zero-order valence-electron chi connectivity index (χ0n) is 32.0. The Balaban J connectivity index is 1.24. The number of nitrogens with zero attached hydrogens (tertiary/aromatic N) is 1. The Bertz CT molecular complexity index is 2920. The summed E-state index contributed by atoms with van der Waals surface area (Å²) in [5, 5.41) is 5.11. The van der Waals surface area contributed by atoms with E-state index in [0.717, 1.165) is 17.1 Å². The van der Waals surface area contributed by atoms with Gasteiger partial charge >= 0.3 is 0 Å². The highest BCUT2D eigenvalue weighted by Gasteiger charge is 2.37. The van der Waals surface area contributed by atoms with Gasteiger partial charge in [-0.25, -0.2) is 0 Å². The fourth-order valence-electron chi connectivity index (χ4n) is 8.92. The van der Waals surface area contributed by atoms with Gasteiger partial charge in [0.2, 0.25) is 0 Å². The second kappa shape index (κ2) is 12.5. The number of anilines is 3. The molecule has 0 aliphatic heterocycles. The number of hydrogen-bond acceptors (Lipinski definition) is 2. The summed E-state index contributed by atoms with van der Waals surface area (Å²) in [7, 11) is 0. The van der Waals surface area contributed by atoms with Crippen molar-refractivity contribution in [1.29, 1.82) is 0 Å². The smallest absolute Gasteiger partial charge is 0.0546 e. The van der Waals surface area contributed by atoms with Gasteiger partial charge in [-0.1, -0.05) is 162 Å². The third kappa shape index (κ3) is 5.42. The SMILES string of the molecule is CC(C)(C)c1ccc2c(c1)-c1ccc(N(c3ccc(-c4ccccc4)cc3)c3ccc4ccccc4c3-c3cccc4sc5ccccc5c34)cc1C2(C)C. The van der Waals surface area contributed by atoms with Crippen LogP contribution in [0, 0.1) is 0 Å². The van der Waals surface area contributed by atoms with Gasteiger partial charge in [-0.2, -0.15) is 0 Å². The highest BCUT2D eigenvalue weighted by atomic mass is 32.1. The summed E-state index contributed by atoms with van der Waals surface area (Å²) < 4.78 is 2.62. The molecule has 10 rings (SSSR count). The highest BCUT2D eigenvalue weighted by molar-refractivity contribution is 7.25. The Morgan fingerprint density at radius 1 is 0.491 bits per heavy atom. The molecule has 9 aromatic rings. The summed E-state index contributed by atoms with van der Waals surface area (Å²) >= 11 is 1.88. The molecule has 0 saturated carbocycles. The number of fused-ring (bicyclic) bond motifs is 7. The van der Waals surface area contributed by atoms with Crippen LogP contribution >= 0.6 is 11.3 Å². The van der Waals surface area contributed by atoms with Crippen LogP contribution in [-0.2, 0) is 10.8 Å². The maximum atomic E-state index is 2.50. The van der Waals surface area contributed by atoms with E-state index < -0.39 is 0 Å². The second-order valence-electron chi connectivity index (χ2n) is 16.6. The molecule has 0 fully saturated rings. The Kier molecular flexibility index (Phi) is 7.67. The molecule has 0 radical (unpaired) electrons. The number of rotatable bonds is 5. The van der Waals surface area contributed by atoms with Crippen molar-refractivity contribution in [3.63, 3.8) is 0 Å². The van der Waals surface area contributed by atoms with E-state index in [1.54, 1.807) is 0 Å². The lowest BCUT2D eigenvalue weighted by Crippen LogP contribution is -2.17. The zero-order valence-corrected chi connectivity index (χ0v) is 32.8. The van der Waals surface area contributed by atoms with E-state index in [0.29, 0.717) is 0 Å². The van der Waals surface area contributed by atoms with Crippen molar-refractivity contribution in [3.8, 4) is 33.4 Å². The third-order valence-corrected chi connectivity index (χ3v) is 13.0. The normalized spacial score (nSPS) is 13.3. The summed E-state index contributed by atoms with van der Waals surface area (Å²) in [5.74, 6) is 0. The lowest BCUT2D eigenvalue weighted by Gasteiger charge is -2.30. The number of benzene rings is 8. The van der Waals surface area contributed by atoms with Crippen molar-refractivity contribution in [2.45, 2.75) is 45.4 Å². The van der Waals surface area contributed by atoms with E-state index in [-0.39, 0.29) is 10.8 Å². The topological polar surface area (TPSA) is 3.24 Å². The van der Waals surface area contributed by atoms with Gasteiger partial charge < -0.3 is 4.90 Å². The van der Waals surface area contributed by atoms with Crippen molar-refractivity contribution in [3.05, 3.63) is 187 Å². The highest BCUT2D eigenvalue weighted by Crippen LogP contribution is 2.53. The first-order chi connectivity index (χ1) is 26.7. The van der Waals surface area contributed by atoms with Crippen LogP contribution in [0.3, 0.4) is 0 Å². The monoisotopic (exact) mass is 725 g/mol. The molecule has 0 bridgehead atoms. The van der Waals surface area contributed by atoms with E-state index in [1.165, 1.54) is 81.0 Å². The Labute approximate surface area is 328 Å². The van der Waals surface area contributed by atoms with Crippen LogP contribution in [0.25, 0.3) is 64.3 Å². The van der Waals surface area contributed by atoms with E-state index in [4.69, 9.17) is 0 Å². The van der Waals surface area contributed by atoms with Crippen molar-refractivity contribution < 1.29 is 0 Å². The molecule has 266 valence electrons. The van der Waals surface area contributed by atoms with Crippen molar-refractivity contribution in [1.82, 2.24) is 0 Å². The molecular weight excluding hydrogens is 683 g/mol. The maximum Gasteiger partial charge on any atom is 0.0546 e. The van der Waals surface area contributed by atoms with Crippen LogP contribution in [0.2, 0.25) is 0 Å². The first-order valence-corrected chi connectivity index (χ1v) is 20.2. The van der Waals surface area contributed by atoms with Gasteiger partial charge in [-0.15, -0.1) is 11.3 Å². The molecule has 0 spiro atoms. The minimum absolute atomic E-state index is 0.0771. The van der Waals surface area contributed by atoms with Gasteiger partial charge in [-0.05, 0) is 103 Å². The first-order valence-electron chi connectivity index (χ1n) is 19.3. The van der Waals surface area contributed by atoms with E-state index in [9.17, 15) is 0 Å². The van der Waals surface area contributed by atoms with Gasteiger partial charge in [-0.3, -0.25) is 0 Å². The molecule has 1 heterocycles. The average Bonchev–Trinajstić information content (AvgIpc) is 3.70. The molecule has 1 nitrogen and oxygen atoms in total. The van der Waals surface area contributed by atoms with E-state index in [1.807, 2.05) is 11.3 Å². The van der Waals surface area contributed by atoms with Crippen LogP contribution in [0.15, 0.2) is 170 Å². The molecule has 0 saturated heterocycles. The number of thiophene rings is 1. The van der Waals surface area contributed by atoms with Crippen molar-refractivity contribution in [2.75, 3.05) is 4.90 Å². The molecule has 1 aromatic heterocycles. The largest absolute Gasteiger partial charge is 0.310 e. The molecule has 1 aliphatic carbocycles. The Morgan fingerprint density at radius 2 is 1.18 bits per heavy atom. The Hall–Kier alpha value is -5.96. The summed E-state index contributed by atoms with van der Waals surface area (Å²) in [6.07, 6.45) is 0. The molecule has 0 N–H and O–H groups in total. The molecule has 0 amide bonds. The quantitative estimate of drug-likeness (QED) is 0.171. The molecule has 55 heavy (non-hydrogen) atoms. The van der Waals surface area contributed by atoms with E-state index in [2.05, 4.69) is 209 Å². The summed E-state index contributed by atoms with van der Waals surface area (Å²) in [4.78, 5) is 2.50. The van der Waals surface area contributed by atoms with Crippen LogP contribution in [0.4, 0.5) is 17.1 Å². The predicted octanol–water partition coefficient (Wildman–Crippen LogP) is 15.6. The molecule has 0 unspecified atom stereocenters. The van der Waals surface area contributed by atoms with Crippen LogP contribution < -0.4 is 4.90 Å². The minimum Gasteiger partial charge on any atom is -0.310 e. The predicted molar refractivity (Wildman–Crippen MR) is 239 cm³/mol. The van der Waals surface area contributed by atoms with Gasteiger partial charge in [0.05, 0.1) is 5.69 Å². The maximum absolute atomic E-state index is 2.50. The summed E-state index contributed by atoms with van der Waals surface area (Å²) in [6, 6.07) is 63.4. The van der Waals surface area contributed by atoms with Crippen molar-refractivity contribution >= 4 is 59.3 Å². The Morgan fingerprint density at radius 3 is 1.98 bits per heavy atom. The van der Waals surface area contributed by atoms with Gasteiger partial charge in [0, 0.05) is 42.5 Å². The third-order valence-electron chi connectivity index (χ3n) is 11.8. The molecule has 2 heteroatoms. The fraction of sp³-hybridized carbons (Fsp3) is 0.132. The van der Waals surface area contributed by atoms with Gasteiger partial charge in [0.1, 0.15) is 0 Å². The lowest BCUT2D eigenvalue weighted by atomic mass is 9.80. The second-order valence-corrected chi connectivity index (χ2v) is 17.7. The average molecular weight is 726 g/mol. The number of hydrogen-bond donors (Lipinski definition) is 0.